The van der Waals surface area contributed by atoms with Crippen LogP contribution in [-0.4, -0.2) is 16.4 Å². The largest absolute Gasteiger partial charge is 0.375 e. The minimum atomic E-state index is 0.648. The van der Waals surface area contributed by atoms with Crippen molar-refractivity contribution in [3.05, 3.63) is 15.9 Å². The van der Waals surface area contributed by atoms with Crippen LogP contribution in [0.25, 0.3) is 0 Å². The first kappa shape index (κ1) is 12.7. The zero-order valence-corrected chi connectivity index (χ0v) is 11.3. The molecule has 0 amide bonds. The highest BCUT2D eigenvalue weighted by Gasteiger charge is 2.11. The number of hydrogen-bond donors (Lipinski definition) is 0. The quantitative estimate of drug-likeness (QED) is 0.745. The summed E-state index contributed by atoms with van der Waals surface area (Å²) in [6, 6.07) is 0. The van der Waals surface area contributed by atoms with Crippen molar-refractivity contribution in [3.8, 4) is 0 Å². The first-order chi connectivity index (χ1) is 7.20. The van der Waals surface area contributed by atoms with Gasteiger partial charge in [-0.3, -0.25) is 4.68 Å². The number of unbranched alkanes of at least 4 members (excludes halogenated alkanes) is 1. The van der Waals surface area contributed by atoms with Gasteiger partial charge in [-0.05, 0) is 36.2 Å². The average Bonchev–Trinajstić information content (AvgIpc) is 2.51. The summed E-state index contributed by atoms with van der Waals surface area (Å²) >= 11 is 3.55. The zero-order chi connectivity index (χ0) is 11.3. The van der Waals surface area contributed by atoms with E-state index in [-0.39, 0.29) is 0 Å². The Labute approximate surface area is 99.9 Å². The van der Waals surface area contributed by atoms with Crippen LogP contribution in [0.4, 0.5) is 0 Å². The number of halogens is 1. The number of ether oxygens (including phenoxy) is 1. The predicted molar refractivity (Wildman–Crippen MR) is 64.9 cm³/mol. The molecule has 86 valence electrons. The van der Waals surface area contributed by atoms with Crippen LogP contribution in [0.15, 0.2) is 4.47 Å². The summed E-state index contributed by atoms with van der Waals surface area (Å²) in [7, 11) is 0. The van der Waals surface area contributed by atoms with Crippen molar-refractivity contribution in [1.29, 1.82) is 0 Å². The van der Waals surface area contributed by atoms with Gasteiger partial charge in [-0.25, -0.2) is 0 Å². The van der Waals surface area contributed by atoms with E-state index in [2.05, 4.69) is 34.9 Å². The van der Waals surface area contributed by atoms with Gasteiger partial charge in [-0.2, -0.15) is 5.10 Å². The highest BCUT2D eigenvalue weighted by atomic mass is 79.9. The topological polar surface area (TPSA) is 27.1 Å². The molecule has 0 saturated heterocycles. The highest BCUT2D eigenvalue weighted by molar-refractivity contribution is 9.10. The monoisotopic (exact) mass is 274 g/mol. The van der Waals surface area contributed by atoms with E-state index < -0.39 is 0 Å². The Balaban J connectivity index is 2.58. The predicted octanol–water partition coefficient (Wildman–Crippen LogP) is 3.29. The number of aromatic nitrogens is 2. The Morgan fingerprint density at radius 1 is 1.40 bits per heavy atom. The van der Waals surface area contributed by atoms with Crippen molar-refractivity contribution in [1.82, 2.24) is 9.78 Å². The Hall–Kier alpha value is -0.350. The third-order valence-corrected chi connectivity index (χ3v) is 3.37. The van der Waals surface area contributed by atoms with Gasteiger partial charge in [-0.1, -0.05) is 13.3 Å². The van der Waals surface area contributed by atoms with Crippen molar-refractivity contribution in [2.45, 2.75) is 46.8 Å². The molecule has 0 aliphatic heterocycles. The fraction of sp³-hybridized carbons (Fsp3) is 0.727. The van der Waals surface area contributed by atoms with Gasteiger partial charge in [0, 0.05) is 13.2 Å². The molecule has 0 unspecified atom stereocenters. The Kier molecular flexibility index (Phi) is 5.32. The molecule has 1 heterocycles. The molecule has 4 heteroatoms. The van der Waals surface area contributed by atoms with E-state index in [1.54, 1.807) is 0 Å². The molecule has 0 atom stereocenters. The Morgan fingerprint density at radius 3 is 2.73 bits per heavy atom. The molecule has 1 aromatic heterocycles. The number of hydrogen-bond acceptors (Lipinski definition) is 2. The third-order valence-electron chi connectivity index (χ3n) is 2.33. The van der Waals surface area contributed by atoms with Gasteiger partial charge < -0.3 is 4.74 Å². The normalized spacial score (nSPS) is 10.9. The fourth-order valence-corrected chi connectivity index (χ4v) is 1.82. The van der Waals surface area contributed by atoms with E-state index in [0.29, 0.717) is 6.61 Å². The van der Waals surface area contributed by atoms with Crippen molar-refractivity contribution in [2.24, 2.45) is 0 Å². The minimum Gasteiger partial charge on any atom is -0.375 e. The van der Waals surface area contributed by atoms with Gasteiger partial charge in [0.1, 0.15) is 0 Å². The maximum atomic E-state index is 5.61. The van der Waals surface area contributed by atoms with Gasteiger partial charge in [0.15, 0.2) is 0 Å². The lowest BCUT2D eigenvalue weighted by atomic mass is 10.3. The number of nitrogens with zero attached hydrogens (tertiary/aromatic N) is 2. The summed E-state index contributed by atoms with van der Waals surface area (Å²) in [4.78, 5) is 0. The van der Waals surface area contributed by atoms with E-state index in [9.17, 15) is 0 Å². The fourth-order valence-electron chi connectivity index (χ4n) is 1.42. The molecule has 0 spiro atoms. The maximum Gasteiger partial charge on any atom is 0.0896 e. The van der Waals surface area contributed by atoms with Crippen molar-refractivity contribution < 1.29 is 4.74 Å². The molecular formula is C11H19BrN2O. The van der Waals surface area contributed by atoms with Crippen LogP contribution in [-0.2, 0) is 17.9 Å². The molecule has 0 N–H and O–H groups in total. The minimum absolute atomic E-state index is 0.648. The maximum absolute atomic E-state index is 5.61. The average molecular weight is 275 g/mol. The second-order valence-electron chi connectivity index (χ2n) is 3.57. The lowest BCUT2D eigenvalue weighted by molar-refractivity contribution is 0.112. The van der Waals surface area contributed by atoms with E-state index >= 15 is 0 Å². The molecular weight excluding hydrogens is 256 g/mol. The number of aryl methyl sites for hydroxylation is 2. The highest BCUT2D eigenvalue weighted by Crippen LogP contribution is 2.21. The van der Waals surface area contributed by atoms with Crippen LogP contribution in [0.5, 0.6) is 0 Å². The molecule has 0 bridgehead atoms. The smallest absolute Gasteiger partial charge is 0.0896 e. The summed E-state index contributed by atoms with van der Waals surface area (Å²) in [6.07, 6.45) is 2.30. The second-order valence-corrected chi connectivity index (χ2v) is 4.36. The van der Waals surface area contributed by atoms with Crippen LogP contribution in [0.3, 0.4) is 0 Å². The van der Waals surface area contributed by atoms with Crippen LogP contribution in [0, 0.1) is 6.92 Å². The van der Waals surface area contributed by atoms with Crippen LogP contribution >= 0.6 is 15.9 Å². The summed E-state index contributed by atoms with van der Waals surface area (Å²) < 4.78 is 8.68. The van der Waals surface area contributed by atoms with Crippen molar-refractivity contribution in [3.63, 3.8) is 0 Å². The van der Waals surface area contributed by atoms with E-state index in [4.69, 9.17) is 4.74 Å². The molecule has 0 aliphatic carbocycles. The van der Waals surface area contributed by atoms with Crippen LogP contribution < -0.4 is 0 Å². The van der Waals surface area contributed by atoms with E-state index in [1.165, 1.54) is 6.42 Å². The molecule has 15 heavy (non-hydrogen) atoms. The summed E-state index contributed by atoms with van der Waals surface area (Å²) in [5.41, 5.74) is 2.18. The van der Waals surface area contributed by atoms with Crippen LogP contribution in [0.2, 0.25) is 0 Å². The van der Waals surface area contributed by atoms with Crippen LogP contribution in [0.1, 0.15) is 38.1 Å². The van der Waals surface area contributed by atoms with Crippen molar-refractivity contribution in [2.75, 3.05) is 6.61 Å². The van der Waals surface area contributed by atoms with E-state index in [1.807, 2.05) is 11.6 Å². The van der Waals surface area contributed by atoms with Gasteiger partial charge in [0.05, 0.1) is 22.5 Å². The summed E-state index contributed by atoms with van der Waals surface area (Å²) in [5, 5.41) is 4.42. The standard InChI is InChI=1S/C11H19BrN2O/c1-4-6-7-15-8-10-11(12)9(3)13-14(10)5-2/h4-8H2,1-3H3. The molecule has 0 saturated carbocycles. The van der Waals surface area contributed by atoms with Gasteiger partial charge in [-0.15, -0.1) is 0 Å². The Bertz CT molecular complexity index is 310. The Morgan fingerprint density at radius 2 is 2.13 bits per heavy atom. The first-order valence-corrected chi connectivity index (χ1v) is 6.29. The second kappa shape index (κ2) is 6.28. The van der Waals surface area contributed by atoms with E-state index in [0.717, 1.165) is 35.4 Å². The molecule has 1 rings (SSSR count). The first-order valence-electron chi connectivity index (χ1n) is 5.50. The van der Waals surface area contributed by atoms with Gasteiger partial charge in [0.2, 0.25) is 0 Å². The summed E-state index contributed by atoms with van der Waals surface area (Å²) in [6.45, 7) is 8.63. The number of rotatable bonds is 6. The zero-order valence-electron chi connectivity index (χ0n) is 9.72. The van der Waals surface area contributed by atoms with Gasteiger partial charge >= 0.3 is 0 Å². The van der Waals surface area contributed by atoms with Crippen molar-refractivity contribution >= 4 is 15.9 Å². The molecule has 1 aromatic rings. The molecule has 0 fully saturated rings. The molecule has 3 nitrogen and oxygen atoms in total. The molecule has 0 radical (unpaired) electrons. The third kappa shape index (κ3) is 3.31. The summed E-state index contributed by atoms with van der Waals surface area (Å²) in [5.74, 6) is 0. The lowest BCUT2D eigenvalue weighted by Crippen LogP contribution is -2.05. The lowest BCUT2D eigenvalue weighted by Gasteiger charge is -2.06. The molecule has 0 aromatic carbocycles. The van der Waals surface area contributed by atoms with Gasteiger partial charge in [0.25, 0.3) is 0 Å². The SMILES string of the molecule is CCCCOCc1c(Br)c(C)nn1CC. The molecule has 0 aliphatic rings.